The highest BCUT2D eigenvalue weighted by Crippen LogP contribution is 2.21. The first-order chi connectivity index (χ1) is 7.25. The van der Waals surface area contributed by atoms with Gasteiger partial charge in [0.1, 0.15) is 0 Å². The van der Waals surface area contributed by atoms with Gasteiger partial charge in [0.15, 0.2) is 0 Å². The lowest BCUT2D eigenvalue weighted by atomic mass is 10.2. The summed E-state index contributed by atoms with van der Waals surface area (Å²) in [6, 6.07) is 10.1. The fraction of sp³-hybridized carbons (Fsp3) is 0.167. The summed E-state index contributed by atoms with van der Waals surface area (Å²) in [5.74, 6) is 0. The van der Waals surface area contributed by atoms with E-state index in [0.717, 1.165) is 16.3 Å². The van der Waals surface area contributed by atoms with Crippen LogP contribution in [-0.4, -0.2) is 10.7 Å². The van der Waals surface area contributed by atoms with Crippen LogP contribution in [0.15, 0.2) is 35.7 Å². The van der Waals surface area contributed by atoms with Crippen molar-refractivity contribution in [1.82, 2.24) is 4.98 Å². The molecule has 2 nitrogen and oxygen atoms in total. The highest BCUT2D eigenvalue weighted by molar-refractivity contribution is 7.10. The second-order valence-corrected chi connectivity index (χ2v) is 4.39. The molecule has 1 N–H and O–H groups in total. The topological polar surface area (TPSA) is 36.7 Å². The molecule has 0 aliphatic rings. The summed E-state index contributed by atoms with van der Waals surface area (Å²) in [6.07, 6.45) is 0.664. The van der Waals surface area contributed by atoms with Crippen molar-refractivity contribution in [2.75, 3.05) is 0 Å². The average molecular weight is 216 g/mol. The zero-order valence-corrected chi connectivity index (χ0v) is 9.34. The molecule has 1 aromatic carbocycles. The van der Waals surface area contributed by atoms with Crippen LogP contribution in [0.4, 0.5) is 0 Å². The van der Waals surface area contributed by atoms with Gasteiger partial charge in [-0.15, -0.1) is 11.3 Å². The molecule has 0 atom stereocenters. The molecular formula is C12H12N2S. The minimum Gasteiger partial charge on any atom is -0.310 e. The van der Waals surface area contributed by atoms with Crippen LogP contribution in [0.5, 0.6) is 0 Å². The summed E-state index contributed by atoms with van der Waals surface area (Å²) in [4.78, 5) is 4.50. The van der Waals surface area contributed by atoms with Crippen molar-refractivity contribution < 1.29 is 0 Å². The molecule has 2 aromatic rings. The van der Waals surface area contributed by atoms with Crippen LogP contribution < -0.4 is 0 Å². The van der Waals surface area contributed by atoms with Gasteiger partial charge in [-0.3, -0.25) is 0 Å². The first kappa shape index (κ1) is 10.1. The Morgan fingerprint density at radius 1 is 1.33 bits per heavy atom. The highest BCUT2D eigenvalue weighted by Gasteiger charge is 2.04. The van der Waals surface area contributed by atoms with E-state index in [4.69, 9.17) is 5.41 Å². The number of benzene rings is 1. The summed E-state index contributed by atoms with van der Waals surface area (Å²) in [5, 5.41) is 10.5. The highest BCUT2D eigenvalue weighted by atomic mass is 32.1. The van der Waals surface area contributed by atoms with Crippen LogP contribution in [0.25, 0.3) is 11.3 Å². The van der Waals surface area contributed by atoms with E-state index in [1.807, 2.05) is 30.5 Å². The second-order valence-electron chi connectivity index (χ2n) is 3.45. The van der Waals surface area contributed by atoms with E-state index in [9.17, 15) is 0 Å². The lowest BCUT2D eigenvalue weighted by molar-refractivity contribution is 1.20. The fourth-order valence-electron chi connectivity index (χ4n) is 1.36. The lowest BCUT2D eigenvalue weighted by Gasteiger charge is -1.94. The van der Waals surface area contributed by atoms with E-state index < -0.39 is 0 Å². The fourth-order valence-corrected chi connectivity index (χ4v) is 2.25. The van der Waals surface area contributed by atoms with E-state index in [1.165, 1.54) is 0 Å². The third kappa shape index (κ3) is 2.50. The maximum atomic E-state index is 7.41. The minimum absolute atomic E-state index is 0.656. The van der Waals surface area contributed by atoms with Gasteiger partial charge < -0.3 is 5.41 Å². The largest absolute Gasteiger partial charge is 0.310 e. The van der Waals surface area contributed by atoms with Crippen molar-refractivity contribution in [2.24, 2.45) is 0 Å². The summed E-state index contributed by atoms with van der Waals surface area (Å²) < 4.78 is 0. The Morgan fingerprint density at radius 3 is 2.73 bits per heavy atom. The molecule has 76 valence electrons. The van der Waals surface area contributed by atoms with Gasteiger partial charge in [-0.1, -0.05) is 30.3 Å². The van der Waals surface area contributed by atoms with E-state index in [0.29, 0.717) is 12.1 Å². The molecule has 0 radical (unpaired) electrons. The van der Waals surface area contributed by atoms with Crippen molar-refractivity contribution in [2.45, 2.75) is 13.3 Å². The predicted molar refractivity (Wildman–Crippen MR) is 64.7 cm³/mol. The zero-order chi connectivity index (χ0) is 10.7. The molecule has 0 saturated heterocycles. The normalized spacial score (nSPS) is 10.2. The quantitative estimate of drug-likeness (QED) is 0.784. The Hall–Kier alpha value is -1.48. The lowest BCUT2D eigenvalue weighted by Crippen LogP contribution is -1.93. The predicted octanol–water partition coefficient (Wildman–Crippen LogP) is 3.39. The average Bonchev–Trinajstić information content (AvgIpc) is 2.67. The maximum Gasteiger partial charge on any atom is 0.0988 e. The van der Waals surface area contributed by atoms with Gasteiger partial charge >= 0.3 is 0 Å². The van der Waals surface area contributed by atoms with E-state index in [-0.39, 0.29) is 0 Å². The number of nitrogens with one attached hydrogen (secondary N) is 1. The van der Waals surface area contributed by atoms with Crippen LogP contribution in [0, 0.1) is 5.41 Å². The Bertz CT molecular complexity index is 459. The van der Waals surface area contributed by atoms with Gasteiger partial charge in [0.25, 0.3) is 0 Å². The van der Waals surface area contributed by atoms with E-state index >= 15 is 0 Å². The molecule has 0 spiro atoms. The number of aromatic nitrogens is 1. The Labute approximate surface area is 93.1 Å². The Balaban J connectivity index is 2.24. The summed E-state index contributed by atoms with van der Waals surface area (Å²) in [6.45, 7) is 1.81. The number of thiazole rings is 1. The molecule has 2 rings (SSSR count). The van der Waals surface area contributed by atoms with Gasteiger partial charge in [-0.25, -0.2) is 4.98 Å². The second kappa shape index (κ2) is 4.36. The van der Waals surface area contributed by atoms with Gasteiger partial charge in [0, 0.05) is 23.1 Å². The van der Waals surface area contributed by atoms with Crippen molar-refractivity contribution in [1.29, 1.82) is 5.41 Å². The molecule has 15 heavy (non-hydrogen) atoms. The van der Waals surface area contributed by atoms with Crippen molar-refractivity contribution >= 4 is 17.0 Å². The SMILES string of the molecule is CC(=N)Cc1nc(-c2ccccc2)cs1. The Kier molecular flexibility index (Phi) is 2.92. The summed E-state index contributed by atoms with van der Waals surface area (Å²) in [5.41, 5.74) is 2.81. The van der Waals surface area contributed by atoms with Crippen LogP contribution >= 0.6 is 11.3 Å². The summed E-state index contributed by atoms with van der Waals surface area (Å²) in [7, 11) is 0. The molecule has 0 saturated carbocycles. The standard InChI is InChI=1S/C12H12N2S/c1-9(13)7-12-14-11(8-15-12)10-5-3-2-4-6-10/h2-6,8,13H,7H2,1H3. The van der Waals surface area contributed by atoms with Crippen molar-refractivity contribution in [3.63, 3.8) is 0 Å². The first-order valence-corrected chi connectivity index (χ1v) is 5.67. The van der Waals surface area contributed by atoms with Gasteiger partial charge in [-0.05, 0) is 6.92 Å². The number of hydrogen-bond donors (Lipinski definition) is 1. The molecule has 3 heteroatoms. The van der Waals surface area contributed by atoms with Gasteiger partial charge in [0.05, 0.1) is 10.7 Å². The van der Waals surface area contributed by atoms with Crippen LogP contribution in [0.3, 0.4) is 0 Å². The molecule has 0 fully saturated rings. The van der Waals surface area contributed by atoms with Gasteiger partial charge in [0.2, 0.25) is 0 Å². The molecule has 1 heterocycles. The van der Waals surface area contributed by atoms with Crippen molar-refractivity contribution in [3.8, 4) is 11.3 Å². The van der Waals surface area contributed by atoms with Gasteiger partial charge in [-0.2, -0.15) is 0 Å². The third-order valence-electron chi connectivity index (χ3n) is 2.04. The number of hydrogen-bond acceptors (Lipinski definition) is 3. The molecule has 0 aliphatic heterocycles. The monoisotopic (exact) mass is 216 g/mol. The number of nitrogens with zero attached hydrogens (tertiary/aromatic N) is 1. The minimum atomic E-state index is 0.656. The molecule has 0 bridgehead atoms. The van der Waals surface area contributed by atoms with Crippen LogP contribution in [0.1, 0.15) is 11.9 Å². The molecular weight excluding hydrogens is 204 g/mol. The molecule has 0 unspecified atom stereocenters. The summed E-state index contributed by atoms with van der Waals surface area (Å²) >= 11 is 1.62. The van der Waals surface area contributed by atoms with Crippen molar-refractivity contribution in [3.05, 3.63) is 40.7 Å². The number of rotatable bonds is 3. The molecule has 0 aliphatic carbocycles. The first-order valence-electron chi connectivity index (χ1n) is 4.79. The third-order valence-corrected chi connectivity index (χ3v) is 2.89. The Morgan fingerprint density at radius 2 is 2.07 bits per heavy atom. The smallest absolute Gasteiger partial charge is 0.0988 e. The zero-order valence-electron chi connectivity index (χ0n) is 8.53. The van der Waals surface area contributed by atoms with Crippen LogP contribution in [-0.2, 0) is 6.42 Å². The van der Waals surface area contributed by atoms with Crippen LogP contribution in [0.2, 0.25) is 0 Å². The van der Waals surface area contributed by atoms with E-state index in [2.05, 4.69) is 17.1 Å². The molecule has 1 aromatic heterocycles. The molecule has 0 amide bonds. The van der Waals surface area contributed by atoms with E-state index in [1.54, 1.807) is 11.3 Å². The maximum absolute atomic E-state index is 7.41.